The molecule has 1 heterocycles. The molecule has 0 aromatic carbocycles. The van der Waals surface area contributed by atoms with Gasteiger partial charge in [-0.3, -0.25) is 4.79 Å². The van der Waals surface area contributed by atoms with E-state index in [0.717, 1.165) is 18.1 Å². The minimum Gasteiger partial charge on any atom is -0.361 e. The van der Waals surface area contributed by atoms with Crippen LogP contribution in [0.4, 0.5) is 0 Å². The van der Waals surface area contributed by atoms with Crippen molar-refractivity contribution in [1.82, 2.24) is 5.16 Å². The Morgan fingerprint density at radius 2 is 1.78 bits per heavy atom. The van der Waals surface area contributed by atoms with Crippen LogP contribution in [-0.4, -0.2) is 10.9 Å². The first-order valence-corrected chi connectivity index (χ1v) is 13.2. The van der Waals surface area contributed by atoms with E-state index in [1.807, 2.05) is 6.20 Å². The van der Waals surface area contributed by atoms with Gasteiger partial charge in [-0.05, 0) is 96.9 Å². The summed E-state index contributed by atoms with van der Waals surface area (Å²) < 4.78 is 5.69. The summed E-state index contributed by atoms with van der Waals surface area (Å²) in [7, 11) is 0. The monoisotopic (exact) mass is 435 g/mol. The molecule has 3 unspecified atom stereocenters. The predicted octanol–water partition coefficient (Wildman–Crippen LogP) is 7.12. The molecular formula is C29H41NO2. The first kappa shape index (κ1) is 21.2. The lowest BCUT2D eigenvalue weighted by molar-refractivity contribution is -0.153. The maximum Gasteiger partial charge on any atom is 0.159 e. The minimum absolute atomic E-state index is 0.0251. The standard InChI is InChI=1S/C29H41NO2/c1-17-21-9-12-28(5)23(27(21,4)14-19-16-30-32-25(17)19)13-22(31)24-20-15-26(2,3)10-7-18(20)8-11-29(24,28)6/h13,16-18,20-21,24H,7-12,14-15H2,1-6H3/t17-,18?,20?,21-,24?,27-,28+,29+/m0/s1. The Balaban J connectivity index is 1.47. The van der Waals surface area contributed by atoms with Gasteiger partial charge < -0.3 is 4.52 Å². The molecule has 0 N–H and O–H groups in total. The van der Waals surface area contributed by atoms with Crippen molar-refractivity contribution in [3.05, 3.63) is 29.2 Å². The van der Waals surface area contributed by atoms with Crippen LogP contribution in [0.2, 0.25) is 0 Å². The van der Waals surface area contributed by atoms with Gasteiger partial charge in [0, 0.05) is 17.4 Å². The zero-order valence-corrected chi connectivity index (χ0v) is 21.0. The van der Waals surface area contributed by atoms with Crippen molar-refractivity contribution in [3.63, 3.8) is 0 Å². The molecule has 3 fully saturated rings. The fourth-order valence-corrected chi connectivity index (χ4v) is 9.96. The Labute approximate surface area is 193 Å². The van der Waals surface area contributed by atoms with Crippen LogP contribution in [-0.2, 0) is 11.2 Å². The molecule has 3 heteroatoms. The second-order valence-electron chi connectivity index (χ2n) is 13.8. The predicted molar refractivity (Wildman–Crippen MR) is 126 cm³/mol. The second-order valence-corrected chi connectivity index (χ2v) is 13.8. The van der Waals surface area contributed by atoms with Gasteiger partial charge >= 0.3 is 0 Å². The summed E-state index contributed by atoms with van der Waals surface area (Å²) in [4.78, 5) is 14.1. The molecule has 174 valence electrons. The van der Waals surface area contributed by atoms with E-state index in [4.69, 9.17) is 4.52 Å². The van der Waals surface area contributed by atoms with Crippen LogP contribution in [0.1, 0.15) is 104 Å². The summed E-state index contributed by atoms with van der Waals surface area (Å²) in [6, 6.07) is 0. The third-order valence-corrected chi connectivity index (χ3v) is 11.8. The minimum atomic E-state index is 0.0251. The van der Waals surface area contributed by atoms with Crippen molar-refractivity contribution in [2.45, 2.75) is 98.8 Å². The Morgan fingerprint density at radius 3 is 2.56 bits per heavy atom. The number of nitrogens with zero attached hydrogens (tertiary/aromatic N) is 1. The molecule has 0 spiro atoms. The molecule has 0 saturated heterocycles. The van der Waals surface area contributed by atoms with E-state index < -0.39 is 0 Å². The van der Waals surface area contributed by atoms with E-state index in [0.29, 0.717) is 29.0 Å². The highest BCUT2D eigenvalue weighted by Gasteiger charge is 2.66. The molecule has 3 nitrogen and oxygen atoms in total. The molecule has 0 amide bonds. The number of fused-ring (bicyclic) bond motifs is 8. The Morgan fingerprint density at radius 1 is 1.03 bits per heavy atom. The molecule has 32 heavy (non-hydrogen) atoms. The maximum atomic E-state index is 14.1. The van der Waals surface area contributed by atoms with Gasteiger partial charge in [0.25, 0.3) is 0 Å². The quantitative estimate of drug-likeness (QED) is 0.435. The van der Waals surface area contributed by atoms with Crippen LogP contribution in [0.15, 0.2) is 22.4 Å². The largest absolute Gasteiger partial charge is 0.361 e. The van der Waals surface area contributed by atoms with Gasteiger partial charge in [0.05, 0.1) is 6.20 Å². The number of ketones is 1. The fraction of sp³-hybridized carbons (Fsp3) is 0.793. The summed E-state index contributed by atoms with van der Waals surface area (Å²) in [5.41, 5.74) is 3.32. The normalized spacial score (nSPS) is 49.1. The first-order chi connectivity index (χ1) is 15.0. The highest BCUT2D eigenvalue weighted by atomic mass is 16.5. The molecule has 3 saturated carbocycles. The third-order valence-electron chi connectivity index (χ3n) is 11.8. The van der Waals surface area contributed by atoms with Crippen LogP contribution in [0.3, 0.4) is 0 Å². The van der Waals surface area contributed by atoms with Gasteiger partial charge in [0.1, 0.15) is 5.76 Å². The molecule has 5 aliphatic rings. The Hall–Kier alpha value is -1.38. The molecule has 5 aliphatic carbocycles. The molecule has 1 aromatic heterocycles. The molecule has 0 bridgehead atoms. The summed E-state index contributed by atoms with van der Waals surface area (Å²) in [5.74, 6) is 3.98. The van der Waals surface area contributed by atoms with Gasteiger partial charge in [0.2, 0.25) is 0 Å². The summed E-state index contributed by atoms with van der Waals surface area (Å²) >= 11 is 0. The van der Waals surface area contributed by atoms with Crippen LogP contribution in [0, 0.1) is 45.3 Å². The van der Waals surface area contributed by atoms with Gasteiger partial charge in [-0.25, -0.2) is 0 Å². The lowest BCUT2D eigenvalue weighted by atomic mass is 9.36. The Bertz CT molecular complexity index is 1000. The summed E-state index contributed by atoms with van der Waals surface area (Å²) in [5, 5.41) is 4.16. The van der Waals surface area contributed by atoms with E-state index in [1.165, 1.54) is 56.1 Å². The van der Waals surface area contributed by atoms with Crippen molar-refractivity contribution in [3.8, 4) is 0 Å². The Kier molecular flexibility index (Phi) is 4.23. The number of aromatic nitrogens is 1. The number of carbonyl (C=O) groups excluding carboxylic acids is 1. The van der Waals surface area contributed by atoms with E-state index in [9.17, 15) is 4.79 Å². The number of hydrogen-bond acceptors (Lipinski definition) is 3. The van der Waals surface area contributed by atoms with Crippen molar-refractivity contribution in [1.29, 1.82) is 0 Å². The van der Waals surface area contributed by atoms with E-state index in [2.05, 4.69) is 52.8 Å². The third kappa shape index (κ3) is 2.49. The lowest BCUT2D eigenvalue weighted by Gasteiger charge is -2.67. The van der Waals surface area contributed by atoms with Crippen molar-refractivity contribution < 1.29 is 9.32 Å². The van der Waals surface area contributed by atoms with E-state index in [-0.39, 0.29) is 22.2 Å². The number of carbonyl (C=O) groups is 1. The maximum absolute atomic E-state index is 14.1. The molecule has 6 rings (SSSR count). The van der Waals surface area contributed by atoms with Crippen LogP contribution in [0.5, 0.6) is 0 Å². The average molecular weight is 436 g/mol. The van der Waals surface area contributed by atoms with Gasteiger partial charge in [-0.2, -0.15) is 0 Å². The van der Waals surface area contributed by atoms with E-state index in [1.54, 1.807) is 0 Å². The van der Waals surface area contributed by atoms with Gasteiger partial charge in [0.15, 0.2) is 5.78 Å². The molecule has 1 aromatic rings. The smallest absolute Gasteiger partial charge is 0.159 e. The van der Waals surface area contributed by atoms with Crippen molar-refractivity contribution in [2.75, 3.05) is 0 Å². The van der Waals surface area contributed by atoms with Crippen molar-refractivity contribution in [2.24, 2.45) is 45.3 Å². The molecule has 8 atom stereocenters. The molecular weight excluding hydrogens is 394 g/mol. The topological polar surface area (TPSA) is 43.1 Å². The highest BCUT2D eigenvalue weighted by molar-refractivity contribution is 5.95. The molecule has 0 aliphatic heterocycles. The van der Waals surface area contributed by atoms with Gasteiger partial charge in [-0.15, -0.1) is 0 Å². The number of allylic oxidation sites excluding steroid dienone is 2. The zero-order valence-electron chi connectivity index (χ0n) is 21.0. The van der Waals surface area contributed by atoms with Crippen LogP contribution >= 0.6 is 0 Å². The fourth-order valence-electron chi connectivity index (χ4n) is 9.96. The lowest BCUT2D eigenvalue weighted by Crippen LogP contribution is -2.62. The second kappa shape index (κ2) is 6.39. The van der Waals surface area contributed by atoms with Crippen molar-refractivity contribution >= 4 is 5.78 Å². The van der Waals surface area contributed by atoms with E-state index >= 15 is 0 Å². The average Bonchev–Trinajstić information content (AvgIpc) is 3.17. The number of hydrogen-bond donors (Lipinski definition) is 0. The summed E-state index contributed by atoms with van der Waals surface area (Å²) in [6.07, 6.45) is 13.9. The van der Waals surface area contributed by atoms with Crippen LogP contribution < -0.4 is 0 Å². The van der Waals surface area contributed by atoms with Crippen LogP contribution in [0.25, 0.3) is 0 Å². The molecule has 0 radical (unpaired) electrons. The summed E-state index contributed by atoms with van der Waals surface area (Å²) in [6.45, 7) is 14.7. The zero-order chi connectivity index (χ0) is 22.7. The highest BCUT2D eigenvalue weighted by Crippen LogP contribution is 2.72. The van der Waals surface area contributed by atoms with Gasteiger partial charge in [-0.1, -0.05) is 52.3 Å². The first-order valence-electron chi connectivity index (χ1n) is 13.2. The number of rotatable bonds is 0. The SMILES string of the molecule is C[C@@H]1c2oncc2C[C@]2(C)C3=CC(=O)C4C5CC(C)(C)CCC5CC[C@@]4(C)[C@]3(C)CC[C@@H]12.